The minimum absolute atomic E-state index is 0.0159. The number of nitrogens with zero attached hydrogens (tertiary/aromatic N) is 1. The number of likely N-dealkylation sites (tertiary alicyclic amines) is 1. The van der Waals surface area contributed by atoms with E-state index in [-0.39, 0.29) is 5.60 Å². The van der Waals surface area contributed by atoms with E-state index in [4.69, 9.17) is 4.74 Å². The van der Waals surface area contributed by atoms with Crippen LogP contribution in [0.3, 0.4) is 0 Å². The SMILES string of the molecule is CC(C)N1CCC(C)(Oc2cccc3c2CNCC3)CC1. The molecular formula is C18H28N2O. The summed E-state index contributed by atoms with van der Waals surface area (Å²) in [5.74, 6) is 1.10. The van der Waals surface area contributed by atoms with Crippen LogP contribution in [0, 0.1) is 0 Å². The highest BCUT2D eigenvalue weighted by Crippen LogP contribution is 2.33. The van der Waals surface area contributed by atoms with Crippen LogP contribution in [0.25, 0.3) is 0 Å². The van der Waals surface area contributed by atoms with Crippen LogP contribution in [-0.4, -0.2) is 36.2 Å². The second-order valence-electron chi connectivity index (χ2n) is 7.00. The van der Waals surface area contributed by atoms with Gasteiger partial charge in [0.25, 0.3) is 0 Å². The van der Waals surface area contributed by atoms with E-state index in [2.05, 4.69) is 49.2 Å². The number of ether oxygens (including phenoxy) is 1. The number of hydrogen-bond donors (Lipinski definition) is 1. The summed E-state index contributed by atoms with van der Waals surface area (Å²) in [7, 11) is 0. The largest absolute Gasteiger partial charge is 0.487 e. The Bertz CT molecular complexity index is 490. The lowest BCUT2D eigenvalue weighted by molar-refractivity contribution is 0.00716. The summed E-state index contributed by atoms with van der Waals surface area (Å²) in [6, 6.07) is 7.17. The van der Waals surface area contributed by atoms with Crippen LogP contribution < -0.4 is 10.1 Å². The van der Waals surface area contributed by atoms with Crippen molar-refractivity contribution in [2.24, 2.45) is 0 Å². The van der Waals surface area contributed by atoms with E-state index >= 15 is 0 Å². The van der Waals surface area contributed by atoms with Gasteiger partial charge in [0.05, 0.1) is 0 Å². The van der Waals surface area contributed by atoms with Gasteiger partial charge in [-0.2, -0.15) is 0 Å². The van der Waals surface area contributed by atoms with Crippen LogP contribution in [0.2, 0.25) is 0 Å². The molecule has 0 radical (unpaired) electrons. The van der Waals surface area contributed by atoms with Gasteiger partial charge < -0.3 is 15.0 Å². The first-order chi connectivity index (χ1) is 10.1. The molecule has 1 saturated heterocycles. The van der Waals surface area contributed by atoms with Crippen molar-refractivity contribution >= 4 is 0 Å². The van der Waals surface area contributed by atoms with Gasteiger partial charge in [0, 0.05) is 31.2 Å². The lowest BCUT2D eigenvalue weighted by Gasteiger charge is -2.41. The number of fused-ring (bicyclic) bond motifs is 1. The number of benzene rings is 1. The van der Waals surface area contributed by atoms with Gasteiger partial charge in [-0.3, -0.25) is 0 Å². The van der Waals surface area contributed by atoms with Gasteiger partial charge >= 0.3 is 0 Å². The molecule has 0 spiro atoms. The van der Waals surface area contributed by atoms with Crippen molar-refractivity contribution in [3.63, 3.8) is 0 Å². The molecule has 21 heavy (non-hydrogen) atoms. The zero-order valence-electron chi connectivity index (χ0n) is 13.6. The zero-order chi connectivity index (χ0) is 14.9. The molecule has 1 N–H and O–H groups in total. The monoisotopic (exact) mass is 288 g/mol. The molecule has 0 unspecified atom stereocenters. The maximum atomic E-state index is 6.50. The van der Waals surface area contributed by atoms with Gasteiger partial charge in [0.15, 0.2) is 0 Å². The van der Waals surface area contributed by atoms with E-state index in [1.54, 1.807) is 0 Å². The molecular weight excluding hydrogens is 260 g/mol. The number of rotatable bonds is 3. The van der Waals surface area contributed by atoms with Crippen LogP contribution in [0.1, 0.15) is 44.7 Å². The van der Waals surface area contributed by atoms with Crippen LogP contribution in [-0.2, 0) is 13.0 Å². The summed E-state index contributed by atoms with van der Waals surface area (Å²) in [6.45, 7) is 11.1. The van der Waals surface area contributed by atoms with E-state index in [1.165, 1.54) is 11.1 Å². The lowest BCUT2D eigenvalue weighted by atomic mass is 9.92. The summed E-state index contributed by atoms with van der Waals surface area (Å²) >= 11 is 0. The van der Waals surface area contributed by atoms with Crippen molar-refractivity contribution in [1.29, 1.82) is 0 Å². The van der Waals surface area contributed by atoms with Crippen molar-refractivity contribution < 1.29 is 4.74 Å². The van der Waals surface area contributed by atoms with Gasteiger partial charge in [-0.1, -0.05) is 12.1 Å². The molecule has 1 fully saturated rings. The van der Waals surface area contributed by atoms with E-state index in [0.717, 1.165) is 51.2 Å². The fourth-order valence-electron chi connectivity index (χ4n) is 3.46. The van der Waals surface area contributed by atoms with E-state index in [9.17, 15) is 0 Å². The van der Waals surface area contributed by atoms with Crippen molar-refractivity contribution in [3.8, 4) is 5.75 Å². The highest BCUT2D eigenvalue weighted by molar-refractivity contribution is 5.42. The predicted octanol–water partition coefficient (Wildman–Crippen LogP) is 2.97. The smallest absolute Gasteiger partial charge is 0.124 e. The van der Waals surface area contributed by atoms with Gasteiger partial charge in [0.1, 0.15) is 11.4 Å². The predicted molar refractivity (Wildman–Crippen MR) is 86.8 cm³/mol. The molecule has 0 atom stereocenters. The van der Waals surface area contributed by atoms with Crippen LogP contribution >= 0.6 is 0 Å². The molecule has 0 saturated carbocycles. The fourth-order valence-corrected chi connectivity index (χ4v) is 3.46. The normalized spacial score (nSPS) is 22.1. The zero-order valence-corrected chi connectivity index (χ0v) is 13.6. The topological polar surface area (TPSA) is 24.5 Å². The quantitative estimate of drug-likeness (QED) is 0.925. The Labute approximate surface area is 128 Å². The molecule has 3 heteroatoms. The standard InChI is InChI=1S/C18H28N2O/c1-14(2)20-11-8-18(3,9-12-20)21-17-6-4-5-15-7-10-19-13-16(15)17/h4-6,14,19H,7-13H2,1-3H3. The highest BCUT2D eigenvalue weighted by atomic mass is 16.5. The highest BCUT2D eigenvalue weighted by Gasteiger charge is 2.33. The summed E-state index contributed by atoms with van der Waals surface area (Å²) < 4.78 is 6.50. The Hall–Kier alpha value is -1.06. The summed E-state index contributed by atoms with van der Waals surface area (Å²) in [5, 5.41) is 3.46. The lowest BCUT2D eigenvalue weighted by Crippen LogP contribution is -2.48. The Morgan fingerprint density at radius 2 is 2.00 bits per heavy atom. The maximum absolute atomic E-state index is 6.50. The molecule has 0 aliphatic carbocycles. The summed E-state index contributed by atoms with van der Waals surface area (Å²) in [6.07, 6.45) is 3.34. The number of nitrogens with one attached hydrogen (secondary N) is 1. The van der Waals surface area contributed by atoms with Gasteiger partial charge in [-0.05, 0) is 58.2 Å². The molecule has 0 aromatic heterocycles. The maximum Gasteiger partial charge on any atom is 0.124 e. The molecule has 2 aliphatic heterocycles. The van der Waals surface area contributed by atoms with E-state index in [0.29, 0.717) is 6.04 Å². The molecule has 2 heterocycles. The molecule has 116 valence electrons. The second-order valence-corrected chi connectivity index (χ2v) is 7.00. The third kappa shape index (κ3) is 3.24. The summed E-state index contributed by atoms with van der Waals surface area (Å²) in [4.78, 5) is 2.55. The Balaban J connectivity index is 1.72. The number of piperidine rings is 1. The third-order valence-corrected chi connectivity index (χ3v) is 5.05. The third-order valence-electron chi connectivity index (χ3n) is 5.05. The Morgan fingerprint density at radius 3 is 2.71 bits per heavy atom. The molecule has 1 aromatic rings. The Kier molecular flexibility index (Phi) is 4.23. The van der Waals surface area contributed by atoms with Crippen LogP contribution in [0.5, 0.6) is 5.75 Å². The molecule has 2 aliphatic rings. The average Bonchev–Trinajstić information content (AvgIpc) is 2.48. The first kappa shape index (κ1) is 14.9. The van der Waals surface area contributed by atoms with E-state index < -0.39 is 0 Å². The minimum atomic E-state index is -0.0159. The fraction of sp³-hybridized carbons (Fsp3) is 0.667. The molecule has 1 aromatic carbocycles. The molecule has 0 bridgehead atoms. The first-order valence-electron chi connectivity index (χ1n) is 8.32. The van der Waals surface area contributed by atoms with Gasteiger partial charge in [-0.15, -0.1) is 0 Å². The van der Waals surface area contributed by atoms with Gasteiger partial charge in [-0.25, -0.2) is 0 Å². The van der Waals surface area contributed by atoms with Crippen molar-refractivity contribution in [2.45, 2.75) is 58.2 Å². The molecule has 0 amide bonds. The second kappa shape index (κ2) is 5.98. The summed E-state index contributed by atoms with van der Waals surface area (Å²) in [5.41, 5.74) is 2.81. The minimum Gasteiger partial charge on any atom is -0.487 e. The van der Waals surface area contributed by atoms with Crippen LogP contribution in [0.15, 0.2) is 18.2 Å². The van der Waals surface area contributed by atoms with Crippen molar-refractivity contribution in [1.82, 2.24) is 10.2 Å². The van der Waals surface area contributed by atoms with Crippen LogP contribution in [0.4, 0.5) is 0 Å². The van der Waals surface area contributed by atoms with E-state index in [1.807, 2.05) is 0 Å². The van der Waals surface area contributed by atoms with Crippen molar-refractivity contribution in [3.05, 3.63) is 29.3 Å². The van der Waals surface area contributed by atoms with Crippen molar-refractivity contribution in [2.75, 3.05) is 19.6 Å². The molecule has 3 nitrogen and oxygen atoms in total. The first-order valence-corrected chi connectivity index (χ1v) is 8.32. The Morgan fingerprint density at radius 1 is 1.24 bits per heavy atom. The van der Waals surface area contributed by atoms with Gasteiger partial charge in [0.2, 0.25) is 0 Å². The molecule has 3 rings (SSSR count). The average molecular weight is 288 g/mol. The number of hydrogen-bond acceptors (Lipinski definition) is 3.